The minimum atomic E-state index is -0.340. The molecule has 6 heteroatoms. The summed E-state index contributed by atoms with van der Waals surface area (Å²) in [5, 5.41) is 4.94. The molecule has 0 radical (unpaired) electrons. The number of aryl methyl sites for hydroxylation is 1. The van der Waals surface area contributed by atoms with Crippen molar-refractivity contribution in [2.45, 2.75) is 13.8 Å². The predicted octanol–water partition coefficient (Wildman–Crippen LogP) is 4.22. The van der Waals surface area contributed by atoms with Gasteiger partial charge in [0.2, 0.25) is 0 Å². The summed E-state index contributed by atoms with van der Waals surface area (Å²) in [6.07, 6.45) is 0. The molecule has 4 nitrogen and oxygen atoms in total. The summed E-state index contributed by atoms with van der Waals surface area (Å²) in [6.45, 7) is 3.57. The Hall–Kier alpha value is -2.04. The van der Waals surface area contributed by atoms with Crippen molar-refractivity contribution >= 4 is 34.8 Å². The molecule has 0 atom stereocenters. The highest BCUT2D eigenvalue weighted by Crippen LogP contribution is 2.22. The summed E-state index contributed by atoms with van der Waals surface area (Å²) in [6, 6.07) is 12.6. The van der Waals surface area contributed by atoms with Crippen LogP contribution < -0.4 is 10.2 Å². The van der Waals surface area contributed by atoms with Gasteiger partial charge in [-0.1, -0.05) is 47.5 Å². The number of para-hydroxylation sites is 1. The van der Waals surface area contributed by atoms with Crippen LogP contribution in [0.2, 0.25) is 10.0 Å². The second-order valence-corrected chi connectivity index (χ2v) is 5.73. The number of hydrogen-bond acceptors (Lipinski definition) is 3. The van der Waals surface area contributed by atoms with Gasteiger partial charge in [-0.3, -0.25) is 4.79 Å². The highest BCUT2D eigenvalue weighted by Gasteiger charge is 2.05. The van der Waals surface area contributed by atoms with E-state index in [1.165, 1.54) is 0 Å². The van der Waals surface area contributed by atoms with E-state index in [9.17, 15) is 4.79 Å². The van der Waals surface area contributed by atoms with Crippen LogP contribution in [0.3, 0.4) is 0 Å². The van der Waals surface area contributed by atoms with Gasteiger partial charge in [0, 0.05) is 0 Å². The summed E-state index contributed by atoms with van der Waals surface area (Å²) in [4.78, 5) is 11.8. The summed E-state index contributed by atoms with van der Waals surface area (Å²) in [5.74, 6) is 0.334. The van der Waals surface area contributed by atoms with Gasteiger partial charge in [0.15, 0.2) is 6.61 Å². The van der Waals surface area contributed by atoms with E-state index in [1.54, 1.807) is 25.1 Å². The number of carbonyl (C=O) groups is 1. The van der Waals surface area contributed by atoms with E-state index < -0.39 is 0 Å². The smallest absolute Gasteiger partial charge is 0.277 e. The number of carbonyl (C=O) groups excluding carboxylic acids is 1. The number of amides is 1. The Labute approximate surface area is 145 Å². The summed E-state index contributed by atoms with van der Waals surface area (Å²) < 4.78 is 5.45. The molecule has 0 aliphatic heterocycles. The Balaban J connectivity index is 1.92. The predicted molar refractivity (Wildman–Crippen MR) is 93.5 cm³/mol. The van der Waals surface area contributed by atoms with Crippen LogP contribution in [0.15, 0.2) is 47.6 Å². The molecule has 23 heavy (non-hydrogen) atoms. The second kappa shape index (κ2) is 7.99. The Bertz CT molecular complexity index is 745. The first kappa shape index (κ1) is 17.3. The molecule has 0 bridgehead atoms. The molecule has 0 aliphatic carbocycles. The third-order valence-electron chi connectivity index (χ3n) is 3.14. The fourth-order valence-electron chi connectivity index (χ4n) is 1.83. The Morgan fingerprint density at radius 3 is 2.61 bits per heavy atom. The minimum absolute atomic E-state index is 0.108. The molecule has 120 valence electrons. The average molecular weight is 351 g/mol. The summed E-state index contributed by atoms with van der Waals surface area (Å²) in [7, 11) is 0. The van der Waals surface area contributed by atoms with Gasteiger partial charge in [-0.15, -0.1) is 0 Å². The Morgan fingerprint density at radius 1 is 1.17 bits per heavy atom. The molecule has 0 unspecified atom stereocenters. The number of halogens is 2. The van der Waals surface area contributed by atoms with Crippen molar-refractivity contribution in [3.63, 3.8) is 0 Å². The van der Waals surface area contributed by atoms with Crippen LogP contribution in [-0.4, -0.2) is 18.2 Å². The fraction of sp³-hybridized carbons (Fsp3) is 0.176. The zero-order valence-corrected chi connectivity index (χ0v) is 14.3. The largest absolute Gasteiger partial charge is 0.483 e. The number of hydrogen-bond donors (Lipinski definition) is 1. The number of hydrazone groups is 1. The quantitative estimate of drug-likeness (QED) is 0.648. The second-order valence-electron chi connectivity index (χ2n) is 4.92. The lowest BCUT2D eigenvalue weighted by atomic mass is 10.1. The van der Waals surface area contributed by atoms with Crippen molar-refractivity contribution in [1.82, 2.24) is 5.43 Å². The van der Waals surface area contributed by atoms with Gasteiger partial charge in [0.25, 0.3) is 5.91 Å². The molecule has 0 saturated heterocycles. The molecule has 2 rings (SSSR count). The molecule has 0 fully saturated rings. The maximum Gasteiger partial charge on any atom is 0.277 e. The molecule has 0 saturated carbocycles. The Morgan fingerprint density at radius 2 is 1.91 bits per heavy atom. The van der Waals surface area contributed by atoms with Crippen LogP contribution in [-0.2, 0) is 4.79 Å². The van der Waals surface area contributed by atoms with Gasteiger partial charge in [-0.2, -0.15) is 5.10 Å². The number of nitrogens with zero attached hydrogens (tertiary/aromatic N) is 1. The molecule has 1 amide bonds. The first-order valence-electron chi connectivity index (χ1n) is 6.94. The van der Waals surface area contributed by atoms with Crippen molar-refractivity contribution in [2.24, 2.45) is 5.10 Å². The molecule has 2 aromatic carbocycles. The number of ether oxygens (including phenoxy) is 1. The van der Waals surface area contributed by atoms with E-state index in [0.29, 0.717) is 21.5 Å². The van der Waals surface area contributed by atoms with Gasteiger partial charge in [-0.25, -0.2) is 5.43 Å². The van der Waals surface area contributed by atoms with E-state index in [0.717, 1.165) is 11.1 Å². The van der Waals surface area contributed by atoms with Crippen LogP contribution in [0.1, 0.15) is 18.1 Å². The fourth-order valence-corrected chi connectivity index (χ4v) is 2.12. The molecule has 0 aliphatic rings. The average Bonchev–Trinajstić information content (AvgIpc) is 2.54. The van der Waals surface area contributed by atoms with Crippen LogP contribution >= 0.6 is 23.2 Å². The van der Waals surface area contributed by atoms with Crippen LogP contribution in [0, 0.1) is 6.92 Å². The molecule has 0 aromatic heterocycles. The normalized spacial score (nSPS) is 11.2. The summed E-state index contributed by atoms with van der Waals surface area (Å²) >= 11 is 11.8. The zero-order chi connectivity index (χ0) is 16.8. The van der Waals surface area contributed by atoms with Gasteiger partial charge in [0.1, 0.15) is 5.75 Å². The van der Waals surface area contributed by atoms with E-state index in [4.69, 9.17) is 27.9 Å². The standard InChI is InChI=1S/C17H16Cl2N2O2/c1-11-5-3-4-6-16(11)23-10-17(22)21-20-12(2)13-7-8-14(18)15(19)9-13/h3-9H,10H2,1-2H3,(H,21,22). The van der Waals surface area contributed by atoms with E-state index in [1.807, 2.05) is 31.2 Å². The Kier molecular flexibility index (Phi) is 6.02. The van der Waals surface area contributed by atoms with Crippen molar-refractivity contribution in [1.29, 1.82) is 0 Å². The maximum absolute atomic E-state index is 11.8. The van der Waals surface area contributed by atoms with Crippen molar-refractivity contribution in [2.75, 3.05) is 6.61 Å². The van der Waals surface area contributed by atoms with Gasteiger partial charge in [-0.05, 0) is 43.2 Å². The lowest BCUT2D eigenvalue weighted by Gasteiger charge is -2.08. The van der Waals surface area contributed by atoms with Crippen LogP contribution in [0.4, 0.5) is 0 Å². The third-order valence-corrected chi connectivity index (χ3v) is 3.88. The van der Waals surface area contributed by atoms with Crippen molar-refractivity contribution in [3.05, 3.63) is 63.6 Å². The number of rotatable bonds is 5. The topological polar surface area (TPSA) is 50.7 Å². The minimum Gasteiger partial charge on any atom is -0.483 e. The number of benzene rings is 2. The monoisotopic (exact) mass is 350 g/mol. The first-order chi connectivity index (χ1) is 11.0. The molecule has 0 heterocycles. The molecule has 1 N–H and O–H groups in total. The van der Waals surface area contributed by atoms with E-state index >= 15 is 0 Å². The number of nitrogens with one attached hydrogen (secondary N) is 1. The first-order valence-corrected chi connectivity index (χ1v) is 7.70. The molecular formula is C17H16Cl2N2O2. The van der Waals surface area contributed by atoms with Crippen molar-refractivity contribution in [3.8, 4) is 5.75 Å². The van der Waals surface area contributed by atoms with E-state index in [-0.39, 0.29) is 12.5 Å². The molecule has 2 aromatic rings. The summed E-state index contributed by atoms with van der Waals surface area (Å²) in [5.41, 5.74) is 4.82. The van der Waals surface area contributed by atoms with Gasteiger partial charge < -0.3 is 4.74 Å². The molecule has 0 spiro atoms. The lowest BCUT2D eigenvalue weighted by Crippen LogP contribution is -2.25. The molecular weight excluding hydrogens is 335 g/mol. The lowest BCUT2D eigenvalue weighted by molar-refractivity contribution is -0.123. The highest BCUT2D eigenvalue weighted by molar-refractivity contribution is 6.42. The van der Waals surface area contributed by atoms with Crippen LogP contribution in [0.5, 0.6) is 5.75 Å². The van der Waals surface area contributed by atoms with E-state index in [2.05, 4.69) is 10.5 Å². The third kappa shape index (κ3) is 4.98. The van der Waals surface area contributed by atoms with Crippen molar-refractivity contribution < 1.29 is 9.53 Å². The van der Waals surface area contributed by atoms with Gasteiger partial charge >= 0.3 is 0 Å². The SMILES string of the molecule is CC(=NNC(=O)COc1ccccc1C)c1ccc(Cl)c(Cl)c1. The highest BCUT2D eigenvalue weighted by atomic mass is 35.5. The van der Waals surface area contributed by atoms with Crippen LogP contribution in [0.25, 0.3) is 0 Å². The van der Waals surface area contributed by atoms with Gasteiger partial charge in [0.05, 0.1) is 15.8 Å². The zero-order valence-electron chi connectivity index (χ0n) is 12.8. The maximum atomic E-state index is 11.8.